The molecule has 1 N–H and O–H groups in total. The van der Waals surface area contributed by atoms with Crippen LogP contribution in [0.4, 0.5) is 0 Å². The summed E-state index contributed by atoms with van der Waals surface area (Å²) in [5.41, 5.74) is 3.33. The lowest BCUT2D eigenvalue weighted by molar-refractivity contribution is 0.195. The van der Waals surface area contributed by atoms with Crippen LogP contribution >= 0.6 is 0 Å². The molecule has 2 aromatic rings. The second-order valence-electron chi connectivity index (χ2n) is 6.38. The smallest absolute Gasteiger partial charge is 0.119 e. The Morgan fingerprint density at radius 2 is 2.25 bits per heavy atom. The molecule has 1 aromatic heterocycles. The average molecular weight is 327 g/mol. The molecule has 1 fully saturated rings. The van der Waals surface area contributed by atoms with Gasteiger partial charge in [-0.2, -0.15) is 0 Å². The molecule has 3 rings (SSSR count). The summed E-state index contributed by atoms with van der Waals surface area (Å²) in [6.07, 6.45) is 6.07. The molecule has 0 amide bonds. The maximum atomic E-state index is 8.87. The van der Waals surface area contributed by atoms with Crippen LogP contribution in [0.15, 0.2) is 36.7 Å². The van der Waals surface area contributed by atoms with Crippen LogP contribution in [-0.2, 0) is 6.54 Å². The highest BCUT2D eigenvalue weighted by Crippen LogP contribution is 2.26. The number of aromatic nitrogens is 2. The summed E-state index contributed by atoms with van der Waals surface area (Å²) >= 11 is 0. The average Bonchev–Trinajstić information content (AvgIpc) is 2.60. The molecule has 1 aliphatic heterocycles. The van der Waals surface area contributed by atoms with Gasteiger partial charge in [-0.1, -0.05) is 12.1 Å². The third-order valence-electron chi connectivity index (χ3n) is 4.36. The molecule has 0 spiro atoms. The van der Waals surface area contributed by atoms with Crippen molar-refractivity contribution in [2.24, 2.45) is 0 Å². The Kier molecular flexibility index (Phi) is 5.77. The highest BCUT2D eigenvalue weighted by molar-refractivity contribution is 5.28. The number of likely N-dealkylation sites (tertiary alicyclic amines) is 1. The number of nitrogens with zero attached hydrogens (tertiary/aromatic N) is 3. The van der Waals surface area contributed by atoms with Crippen molar-refractivity contribution in [3.8, 4) is 5.75 Å². The van der Waals surface area contributed by atoms with E-state index in [4.69, 9.17) is 9.84 Å². The summed E-state index contributed by atoms with van der Waals surface area (Å²) in [6.45, 7) is 5.40. The van der Waals surface area contributed by atoms with Gasteiger partial charge in [0.2, 0.25) is 0 Å². The molecule has 1 saturated heterocycles. The summed E-state index contributed by atoms with van der Waals surface area (Å²) in [4.78, 5) is 11.4. The van der Waals surface area contributed by atoms with E-state index in [2.05, 4.69) is 27.0 Å². The van der Waals surface area contributed by atoms with Crippen LogP contribution in [-0.4, -0.2) is 46.3 Å². The van der Waals surface area contributed by atoms with Crippen molar-refractivity contribution in [3.63, 3.8) is 0 Å². The molecule has 0 saturated carbocycles. The van der Waals surface area contributed by atoms with Gasteiger partial charge >= 0.3 is 0 Å². The van der Waals surface area contributed by atoms with E-state index < -0.39 is 0 Å². The Morgan fingerprint density at radius 1 is 1.33 bits per heavy atom. The standard InChI is InChI=1S/C19H25N3O2/c1-15-11-20-12-19(21-15)17-5-3-7-22(14-17)13-16-4-2-6-18(10-16)24-9-8-23/h2,4,6,10-12,17,23H,3,5,7-9,13-14H2,1H3/t17-/m0/s1. The Bertz CT molecular complexity index is 663. The lowest BCUT2D eigenvalue weighted by Gasteiger charge is -2.32. The van der Waals surface area contributed by atoms with Crippen LogP contribution in [0, 0.1) is 6.92 Å². The third-order valence-corrected chi connectivity index (χ3v) is 4.36. The molecular weight excluding hydrogens is 302 g/mol. The lowest BCUT2D eigenvalue weighted by Crippen LogP contribution is -2.34. The predicted octanol–water partition coefficient (Wildman–Crippen LogP) is 2.54. The quantitative estimate of drug-likeness (QED) is 0.883. The van der Waals surface area contributed by atoms with Crippen molar-refractivity contribution in [1.82, 2.24) is 14.9 Å². The fourth-order valence-electron chi connectivity index (χ4n) is 3.28. The summed E-state index contributed by atoms with van der Waals surface area (Å²) in [5, 5.41) is 8.87. The largest absolute Gasteiger partial charge is 0.491 e. The number of hydrogen-bond acceptors (Lipinski definition) is 5. The fourth-order valence-corrected chi connectivity index (χ4v) is 3.28. The zero-order chi connectivity index (χ0) is 16.8. The number of aliphatic hydroxyl groups excluding tert-OH is 1. The Balaban J connectivity index is 1.63. The highest BCUT2D eigenvalue weighted by Gasteiger charge is 2.22. The van der Waals surface area contributed by atoms with E-state index in [0.29, 0.717) is 12.5 Å². The zero-order valence-electron chi connectivity index (χ0n) is 14.2. The minimum Gasteiger partial charge on any atom is -0.491 e. The molecule has 2 heterocycles. The summed E-state index contributed by atoms with van der Waals surface area (Å²) in [7, 11) is 0. The van der Waals surface area contributed by atoms with Crippen LogP contribution in [0.3, 0.4) is 0 Å². The molecule has 1 aliphatic rings. The minimum absolute atomic E-state index is 0.0373. The van der Waals surface area contributed by atoms with Crippen molar-refractivity contribution in [3.05, 3.63) is 53.6 Å². The van der Waals surface area contributed by atoms with E-state index in [0.717, 1.165) is 36.8 Å². The molecule has 0 radical (unpaired) electrons. The highest BCUT2D eigenvalue weighted by atomic mass is 16.5. The van der Waals surface area contributed by atoms with Crippen molar-refractivity contribution in [2.75, 3.05) is 26.3 Å². The van der Waals surface area contributed by atoms with Gasteiger partial charge < -0.3 is 9.84 Å². The lowest BCUT2D eigenvalue weighted by atomic mass is 9.94. The molecule has 0 aliphatic carbocycles. The molecular formula is C19H25N3O2. The van der Waals surface area contributed by atoms with Crippen LogP contribution in [0.5, 0.6) is 5.75 Å². The minimum atomic E-state index is 0.0373. The molecule has 5 nitrogen and oxygen atoms in total. The van der Waals surface area contributed by atoms with Crippen molar-refractivity contribution in [2.45, 2.75) is 32.2 Å². The van der Waals surface area contributed by atoms with Gasteiger partial charge in [0.05, 0.1) is 18.0 Å². The molecule has 1 atom stereocenters. The Labute approximate surface area is 143 Å². The molecule has 1 aromatic carbocycles. The van der Waals surface area contributed by atoms with E-state index in [1.807, 2.05) is 31.5 Å². The first-order valence-electron chi connectivity index (χ1n) is 8.58. The number of aliphatic hydroxyl groups is 1. The van der Waals surface area contributed by atoms with Crippen molar-refractivity contribution in [1.29, 1.82) is 0 Å². The zero-order valence-corrected chi connectivity index (χ0v) is 14.2. The molecule has 0 bridgehead atoms. The first kappa shape index (κ1) is 16.9. The Morgan fingerprint density at radius 3 is 3.08 bits per heavy atom. The number of piperidine rings is 1. The maximum Gasteiger partial charge on any atom is 0.119 e. The maximum absolute atomic E-state index is 8.87. The van der Waals surface area contributed by atoms with Gasteiger partial charge in [-0.05, 0) is 44.0 Å². The van der Waals surface area contributed by atoms with E-state index >= 15 is 0 Å². The first-order chi connectivity index (χ1) is 11.7. The SMILES string of the molecule is Cc1cncc([C@H]2CCCN(Cc3cccc(OCCO)c3)C2)n1. The van der Waals surface area contributed by atoms with Gasteiger partial charge in [0.15, 0.2) is 0 Å². The molecule has 128 valence electrons. The van der Waals surface area contributed by atoms with Crippen molar-refractivity contribution < 1.29 is 9.84 Å². The third kappa shape index (κ3) is 4.52. The van der Waals surface area contributed by atoms with Crippen LogP contribution in [0.25, 0.3) is 0 Å². The van der Waals surface area contributed by atoms with Gasteiger partial charge in [0.1, 0.15) is 12.4 Å². The fraction of sp³-hybridized carbons (Fsp3) is 0.474. The van der Waals surface area contributed by atoms with Gasteiger partial charge in [-0.25, -0.2) is 0 Å². The predicted molar refractivity (Wildman–Crippen MR) is 93.0 cm³/mol. The normalized spacial score (nSPS) is 18.5. The first-order valence-corrected chi connectivity index (χ1v) is 8.58. The molecule has 24 heavy (non-hydrogen) atoms. The number of hydrogen-bond donors (Lipinski definition) is 1. The van der Waals surface area contributed by atoms with Gasteiger partial charge in [-0.15, -0.1) is 0 Å². The van der Waals surface area contributed by atoms with Gasteiger partial charge in [0.25, 0.3) is 0 Å². The topological polar surface area (TPSA) is 58.5 Å². The Hall–Kier alpha value is -1.98. The van der Waals surface area contributed by atoms with Gasteiger partial charge in [0, 0.05) is 31.4 Å². The number of aryl methyl sites for hydroxylation is 1. The summed E-state index contributed by atoms with van der Waals surface area (Å²) in [5.74, 6) is 1.28. The van der Waals surface area contributed by atoms with E-state index in [9.17, 15) is 0 Å². The number of rotatable bonds is 6. The molecule has 0 unspecified atom stereocenters. The van der Waals surface area contributed by atoms with Crippen LogP contribution in [0.1, 0.15) is 35.7 Å². The summed E-state index contributed by atoms with van der Waals surface area (Å²) in [6, 6.07) is 8.13. The molecule has 5 heteroatoms. The van der Waals surface area contributed by atoms with E-state index in [-0.39, 0.29) is 6.61 Å². The number of benzene rings is 1. The monoisotopic (exact) mass is 327 g/mol. The van der Waals surface area contributed by atoms with E-state index in [1.54, 1.807) is 0 Å². The van der Waals surface area contributed by atoms with Crippen LogP contribution in [0.2, 0.25) is 0 Å². The van der Waals surface area contributed by atoms with Crippen LogP contribution < -0.4 is 4.74 Å². The second kappa shape index (κ2) is 8.22. The van der Waals surface area contributed by atoms with E-state index in [1.165, 1.54) is 18.4 Å². The number of ether oxygens (including phenoxy) is 1. The van der Waals surface area contributed by atoms with Crippen molar-refractivity contribution >= 4 is 0 Å². The second-order valence-corrected chi connectivity index (χ2v) is 6.38. The summed E-state index contributed by atoms with van der Waals surface area (Å²) < 4.78 is 5.50. The van der Waals surface area contributed by atoms with Gasteiger partial charge in [-0.3, -0.25) is 14.9 Å².